The molecule has 1 unspecified atom stereocenters. The fourth-order valence-corrected chi connectivity index (χ4v) is 2.14. The van der Waals surface area contributed by atoms with E-state index in [4.69, 9.17) is 9.47 Å². The number of ether oxygens (including phenoxy) is 2. The minimum Gasteiger partial charge on any atom is -0.497 e. The maximum atomic E-state index is 12.5. The monoisotopic (exact) mass is 339 g/mol. The summed E-state index contributed by atoms with van der Waals surface area (Å²) < 4.78 is 10.5. The van der Waals surface area contributed by atoms with Crippen LogP contribution in [0.15, 0.2) is 73.3 Å². The zero-order valence-corrected chi connectivity index (χ0v) is 13.6. The predicted octanol–water partition coefficient (Wildman–Crippen LogP) is 4.03. The second kappa shape index (κ2) is 8.44. The first kappa shape index (κ1) is 17.9. The third kappa shape index (κ3) is 4.78. The van der Waals surface area contributed by atoms with E-state index in [1.807, 2.05) is 0 Å². The molecule has 2 rings (SSSR count). The van der Waals surface area contributed by atoms with Crippen molar-refractivity contribution in [1.29, 1.82) is 0 Å². The van der Waals surface area contributed by atoms with Gasteiger partial charge in [-0.25, -0.2) is 0 Å². The van der Waals surface area contributed by atoms with Crippen LogP contribution >= 0.6 is 0 Å². The quantitative estimate of drug-likeness (QED) is 0.250. The van der Waals surface area contributed by atoms with Gasteiger partial charge in [0.05, 0.1) is 12.0 Å². The number of non-ortho nitro benzene ring substituents is 1. The molecule has 6 heteroatoms. The summed E-state index contributed by atoms with van der Waals surface area (Å²) in [5.74, 6) is -0.226. The highest BCUT2D eigenvalue weighted by Crippen LogP contribution is 2.24. The van der Waals surface area contributed by atoms with Crippen molar-refractivity contribution in [2.75, 3.05) is 7.11 Å². The van der Waals surface area contributed by atoms with Crippen molar-refractivity contribution in [3.05, 3.63) is 89.0 Å². The van der Waals surface area contributed by atoms with E-state index in [2.05, 4.69) is 6.58 Å². The molecule has 0 heterocycles. The Labute approximate surface area is 145 Å². The van der Waals surface area contributed by atoms with Crippen molar-refractivity contribution in [2.45, 2.75) is 5.92 Å². The molecule has 0 amide bonds. The van der Waals surface area contributed by atoms with E-state index >= 15 is 0 Å². The molecule has 0 fully saturated rings. The second-order valence-corrected chi connectivity index (χ2v) is 5.04. The van der Waals surface area contributed by atoms with Crippen molar-refractivity contribution in [2.24, 2.45) is 0 Å². The second-order valence-electron chi connectivity index (χ2n) is 5.04. The zero-order valence-electron chi connectivity index (χ0n) is 13.6. The minimum absolute atomic E-state index is 0.0712. The number of esters is 1. The third-order valence-corrected chi connectivity index (χ3v) is 3.43. The van der Waals surface area contributed by atoms with Crippen LogP contribution in [0, 0.1) is 10.1 Å². The van der Waals surface area contributed by atoms with Crippen LogP contribution in [0.5, 0.6) is 11.5 Å². The van der Waals surface area contributed by atoms with Gasteiger partial charge in [0.2, 0.25) is 0 Å². The Kier molecular flexibility index (Phi) is 6.06. The molecule has 0 saturated carbocycles. The number of allylic oxidation sites excluding steroid dienone is 2. The van der Waals surface area contributed by atoms with Crippen LogP contribution in [-0.4, -0.2) is 18.0 Å². The van der Waals surface area contributed by atoms with Gasteiger partial charge in [0, 0.05) is 12.1 Å². The smallest absolute Gasteiger partial charge is 0.322 e. The van der Waals surface area contributed by atoms with Crippen molar-refractivity contribution in [3.8, 4) is 11.5 Å². The van der Waals surface area contributed by atoms with Gasteiger partial charge in [0.1, 0.15) is 17.4 Å². The van der Waals surface area contributed by atoms with Gasteiger partial charge < -0.3 is 9.47 Å². The molecule has 25 heavy (non-hydrogen) atoms. The molecule has 0 spiro atoms. The van der Waals surface area contributed by atoms with Crippen LogP contribution < -0.4 is 9.47 Å². The molecule has 1 atom stereocenters. The van der Waals surface area contributed by atoms with Crippen molar-refractivity contribution < 1.29 is 19.2 Å². The van der Waals surface area contributed by atoms with Crippen LogP contribution in [0.4, 0.5) is 5.69 Å². The molecule has 0 radical (unpaired) electrons. The largest absolute Gasteiger partial charge is 0.497 e. The lowest BCUT2D eigenvalue weighted by Gasteiger charge is -2.13. The molecule has 6 nitrogen and oxygen atoms in total. The summed E-state index contributed by atoms with van der Waals surface area (Å²) in [6.45, 7) is 3.60. The summed E-state index contributed by atoms with van der Waals surface area (Å²) in [6.07, 6.45) is 4.89. The molecule has 0 bridgehead atoms. The maximum Gasteiger partial charge on any atom is 0.322 e. The van der Waals surface area contributed by atoms with E-state index in [1.165, 1.54) is 24.3 Å². The van der Waals surface area contributed by atoms with Crippen LogP contribution in [0.1, 0.15) is 11.5 Å². The van der Waals surface area contributed by atoms with E-state index < -0.39 is 16.8 Å². The Hall–Kier alpha value is -3.41. The highest BCUT2D eigenvalue weighted by molar-refractivity contribution is 5.82. The number of methoxy groups -OCH3 is 1. The summed E-state index contributed by atoms with van der Waals surface area (Å²) in [4.78, 5) is 22.7. The van der Waals surface area contributed by atoms with Crippen LogP contribution in [0.3, 0.4) is 0 Å². The van der Waals surface area contributed by atoms with Gasteiger partial charge in [0.25, 0.3) is 5.69 Å². The first-order valence-corrected chi connectivity index (χ1v) is 7.44. The molecule has 0 aliphatic rings. The highest BCUT2D eigenvalue weighted by Gasteiger charge is 2.20. The topological polar surface area (TPSA) is 78.7 Å². The van der Waals surface area contributed by atoms with E-state index in [1.54, 1.807) is 49.6 Å². The van der Waals surface area contributed by atoms with Gasteiger partial charge >= 0.3 is 5.97 Å². The molecule has 2 aromatic rings. The van der Waals surface area contributed by atoms with Crippen LogP contribution in [0.2, 0.25) is 0 Å². The highest BCUT2D eigenvalue weighted by atomic mass is 16.6. The minimum atomic E-state index is -0.640. The Bertz CT molecular complexity index is 778. The fourth-order valence-electron chi connectivity index (χ4n) is 2.14. The lowest BCUT2D eigenvalue weighted by atomic mass is 9.98. The fraction of sp³-hybridized carbons (Fsp3) is 0.105. The number of hydrogen-bond donors (Lipinski definition) is 0. The van der Waals surface area contributed by atoms with Crippen LogP contribution in [0.25, 0.3) is 0 Å². The molecule has 0 N–H and O–H groups in total. The summed E-state index contributed by atoms with van der Waals surface area (Å²) in [6, 6.07) is 12.4. The van der Waals surface area contributed by atoms with E-state index in [-0.39, 0.29) is 11.4 Å². The Balaban J connectivity index is 2.21. The van der Waals surface area contributed by atoms with E-state index in [0.29, 0.717) is 5.75 Å². The maximum absolute atomic E-state index is 12.5. The Morgan fingerprint density at radius 3 is 2.24 bits per heavy atom. The molecule has 0 aliphatic heterocycles. The number of nitrogens with zero attached hydrogens (tertiary/aromatic N) is 1. The molecule has 0 aliphatic carbocycles. The summed E-state index contributed by atoms with van der Waals surface area (Å²) in [7, 11) is 1.56. The molecule has 128 valence electrons. The normalized spacial score (nSPS) is 11.7. The van der Waals surface area contributed by atoms with Gasteiger partial charge in [-0.05, 0) is 29.8 Å². The lowest BCUT2D eigenvalue weighted by molar-refractivity contribution is -0.384. The summed E-state index contributed by atoms with van der Waals surface area (Å²) >= 11 is 0. The number of carbonyl (C=O) groups excluding carboxylic acids is 1. The van der Waals surface area contributed by atoms with Gasteiger partial charge in [-0.2, -0.15) is 0 Å². The number of nitro groups is 1. The summed E-state index contributed by atoms with van der Waals surface area (Å²) in [5.41, 5.74) is 0.656. The number of nitro benzene ring substituents is 1. The van der Waals surface area contributed by atoms with Gasteiger partial charge in [0.15, 0.2) is 0 Å². The van der Waals surface area contributed by atoms with E-state index in [0.717, 1.165) is 5.56 Å². The molecule has 0 saturated heterocycles. The Morgan fingerprint density at radius 1 is 1.12 bits per heavy atom. The van der Waals surface area contributed by atoms with Crippen molar-refractivity contribution >= 4 is 11.7 Å². The van der Waals surface area contributed by atoms with Crippen molar-refractivity contribution in [3.63, 3.8) is 0 Å². The first-order chi connectivity index (χ1) is 12.0. The average Bonchev–Trinajstić information content (AvgIpc) is 2.63. The number of hydrogen-bond acceptors (Lipinski definition) is 5. The zero-order chi connectivity index (χ0) is 18.2. The molecular weight excluding hydrogens is 322 g/mol. The van der Waals surface area contributed by atoms with E-state index in [9.17, 15) is 14.9 Å². The average molecular weight is 339 g/mol. The van der Waals surface area contributed by atoms with Gasteiger partial charge in [-0.1, -0.05) is 36.9 Å². The summed E-state index contributed by atoms with van der Waals surface area (Å²) in [5, 5.41) is 10.7. The standard InChI is InChI=1S/C19H17NO5/c1-3-4-5-18(14-6-10-16(24-2)11-7-14)19(21)25-17-12-8-15(9-13-17)20(22)23/h3-13,18H,1H2,2H3. The number of carbonyl (C=O) groups is 1. The van der Waals surface area contributed by atoms with Crippen LogP contribution in [-0.2, 0) is 4.79 Å². The first-order valence-electron chi connectivity index (χ1n) is 7.44. The Morgan fingerprint density at radius 2 is 1.72 bits per heavy atom. The predicted molar refractivity (Wildman–Crippen MR) is 93.8 cm³/mol. The SMILES string of the molecule is C=CC=CC(C(=O)Oc1ccc([N+](=O)[O-])cc1)c1ccc(OC)cc1. The molecule has 2 aromatic carbocycles. The number of benzene rings is 2. The third-order valence-electron chi connectivity index (χ3n) is 3.43. The van der Waals surface area contributed by atoms with Gasteiger partial charge in [-0.3, -0.25) is 14.9 Å². The van der Waals surface area contributed by atoms with Crippen molar-refractivity contribution in [1.82, 2.24) is 0 Å². The molecular formula is C19H17NO5. The number of rotatable bonds is 7. The lowest BCUT2D eigenvalue weighted by Crippen LogP contribution is -2.17. The van der Waals surface area contributed by atoms with Gasteiger partial charge in [-0.15, -0.1) is 0 Å². The molecule has 0 aromatic heterocycles.